The number of rotatable bonds is 6. The van der Waals surface area contributed by atoms with Crippen LogP contribution in [0.25, 0.3) is 6.08 Å². The van der Waals surface area contributed by atoms with Gasteiger partial charge in [-0.15, -0.1) is 0 Å². The summed E-state index contributed by atoms with van der Waals surface area (Å²) in [7, 11) is 0. The molecule has 4 aliphatic carbocycles. The van der Waals surface area contributed by atoms with Crippen molar-refractivity contribution < 1.29 is 14.1 Å². The van der Waals surface area contributed by atoms with Crippen LogP contribution in [0.15, 0.2) is 35.0 Å². The fourth-order valence-corrected chi connectivity index (χ4v) is 6.01. The highest BCUT2D eigenvalue weighted by molar-refractivity contribution is 5.98. The molecule has 146 valence electrons. The smallest absolute Gasteiger partial charge is 0.307 e. The molecule has 28 heavy (non-hydrogen) atoms. The van der Waals surface area contributed by atoms with Gasteiger partial charge in [-0.1, -0.05) is 0 Å². The van der Waals surface area contributed by atoms with E-state index in [2.05, 4.69) is 5.10 Å². The Labute approximate surface area is 162 Å². The quantitative estimate of drug-likeness (QED) is 0.424. The molecule has 0 amide bonds. The SMILES string of the molecule is O=C(/C=C/c1ccc(Cn2cc([N+](=O)[O-])cn2)o1)C12CC3CC(CC(C3)C1)C2. The van der Waals surface area contributed by atoms with E-state index in [1.807, 2.05) is 12.1 Å². The highest BCUT2D eigenvalue weighted by Crippen LogP contribution is 2.60. The number of nitrogens with zero attached hydrogens (tertiary/aromatic N) is 3. The molecule has 0 N–H and O–H groups in total. The summed E-state index contributed by atoms with van der Waals surface area (Å²) in [5, 5.41) is 14.7. The summed E-state index contributed by atoms with van der Waals surface area (Å²) < 4.78 is 7.22. The molecule has 2 aromatic heterocycles. The standard InChI is InChI=1S/C21H23N3O4/c25-20(21-8-14-5-15(9-21)7-16(6-14)10-21)4-3-18-1-2-19(28-18)13-23-12-17(11-22-23)24(26)27/h1-4,11-12,14-16H,5-10,13H2/b4-3+. The molecule has 0 unspecified atom stereocenters. The van der Waals surface area contributed by atoms with E-state index in [0.29, 0.717) is 18.1 Å². The van der Waals surface area contributed by atoms with E-state index >= 15 is 0 Å². The Morgan fingerprint density at radius 2 is 1.93 bits per heavy atom. The van der Waals surface area contributed by atoms with Gasteiger partial charge in [0.05, 0.1) is 11.5 Å². The minimum absolute atomic E-state index is 0.0483. The maximum atomic E-state index is 13.0. The number of carbonyl (C=O) groups excluding carboxylic acids is 1. The number of hydrogen-bond acceptors (Lipinski definition) is 5. The van der Waals surface area contributed by atoms with Gasteiger partial charge < -0.3 is 4.42 Å². The van der Waals surface area contributed by atoms with E-state index in [-0.39, 0.29) is 16.9 Å². The summed E-state index contributed by atoms with van der Waals surface area (Å²) in [5.74, 6) is 3.76. The summed E-state index contributed by atoms with van der Waals surface area (Å²) in [6, 6.07) is 3.62. The molecule has 0 spiro atoms. The maximum Gasteiger partial charge on any atom is 0.307 e. The Balaban J connectivity index is 1.26. The highest BCUT2D eigenvalue weighted by atomic mass is 16.6. The van der Waals surface area contributed by atoms with Gasteiger partial charge in [-0.3, -0.25) is 19.6 Å². The van der Waals surface area contributed by atoms with E-state index in [1.165, 1.54) is 36.3 Å². The summed E-state index contributed by atoms with van der Waals surface area (Å²) in [6.45, 7) is 0.310. The van der Waals surface area contributed by atoms with Crippen molar-refractivity contribution in [2.45, 2.75) is 45.1 Å². The zero-order valence-corrected chi connectivity index (χ0v) is 15.6. The second kappa shape index (κ2) is 6.43. The second-order valence-corrected chi connectivity index (χ2v) is 8.85. The molecule has 4 fully saturated rings. The van der Waals surface area contributed by atoms with Crippen LogP contribution >= 0.6 is 0 Å². The van der Waals surface area contributed by atoms with Crippen molar-refractivity contribution in [3.8, 4) is 0 Å². The van der Waals surface area contributed by atoms with Gasteiger partial charge >= 0.3 is 5.69 Å². The predicted octanol–water partition coefficient (Wildman–Crippen LogP) is 4.23. The second-order valence-electron chi connectivity index (χ2n) is 8.85. The molecule has 4 saturated carbocycles. The number of nitro groups is 1. The molecule has 0 aliphatic heterocycles. The molecule has 7 nitrogen and oxygen atoms in total. The number of ketones is 1. The Morgan fingerprint density at radius 3 is 2.54 bits per heavy atom. The average molecular weight is 381 g/mol. The first-order valence-electron chi connectivity index (χ1n) is 9.97. The van der Waals surface area contributed by atoms with Crippen LogP contribution in [0.1, 0.15) is 50.0 Å². The third kappa shape index (κ3) is 3.08. The maximum absolute atomic E-state index is 13.0. The van der Waals surface area contributed by atoms with Crippen LogP contribution in [0.5, 0.6) is 0 Å². The molecule has 0 atom stereocenters. The summed E-state index contributed by atoms with van der Waals surface area (Å²) in [5.41, 5.74) is -0.179. The van der Waals surface area contributed by atoms with Crippen LogP contribution < -0.4 is 0 Å². The molecular formula is C21H23N3O4. The van der Waals surface area contributed by atoms with Crippen molar-refractivity contribution in [2.75, 3.05) is 0 Å². The van der Waals surface area contributed by atoms with Crippen LogP contribution in [0.2, 0.25) is 0 Å². The normalized spacial score (nSPS) is 30.9. The van der Waals surface area contributed by atoms with E-state index in [0.717, 1.165) is 37.0 Å². The largest absolute Gasteiger partial charge is 0.460 e. The van der Waals surface area contributed by atoms with Crippen LogP contribution in [-0.4, -0.2) is 20.5 Å². The number of hydrogen-bond donors (Lipinski definition) is 0. The summed E-state index contributed by atoms with van der Waals surface area (Å²) in [4.78, 5) is 23.3. The zero-order chi connectivity index (χ0) is 19.3. The van der Waals surface area contributed by atoms with E-state index in [9.17, 15) is 14.9 Å². The summed E-state index contributed by atoms with van der Waals surface area (Å²) >= 11 is 0. The van der Waals surface area contributed by atoms with E-state index < -0.39 is 4.92 Å². The summed E-state index contributed by atoms with van der Waals surface area (Å²) in [6.07, 6.45) is 13.2. The van der Waals surface area contributed by atoms with Gasteiger partial charge in [-0.25, -0.2) is 0 Å². The Hall–Kier alpha value is -2.70. The minimum atomic E-state index is -0.476. The van der Waals surface area contributed by atoms with Crippen molar-refractivity contribution in [2.24, 2.45) is 23.2 Å². The van der Waals surface area contributed by atoms with E-state index in [1.54, 1.807) is 12.2 Å². The molecule has 7 heteroatoms. The van der Waals surface area contributed by atoms with Crippen LogP contribution in [0.3, 0.4) is 0 Å². The first-order chi connectivity index (χ1) is 13.5. The van der Waals surface area contributed by atoms with Crippen molar-refractivity contribution in [3.05, 3.63) is 52.2 Å². The Morgan fingerprint density at radius 1 is 1.25 bits per heavy atom. The highest BCUT2D eigenvalue weighted by Gasteiger charge is 2.53. The monoisotopic (exact) mass is 381 g/mol. The number of allylic oxidation sites excluding steroid dienone is 1. The number of carbonyl (C=O) groups is 1. The van der Waals surface area contributed by atoms with Crippen molar-refractivity contribution in [3.63, 3.8) is 0 Å². The van der Waals surface area contributed by atoms with Crippen molar-refractivity contribution in [1.29, 1.82) is 0 Å². The number of aromatic nitrogens is 2. The van der Waals surface area contributed by atoms with Crippen LogP contribution in [-0.2, 0) is 11.3 Å². The average Bonchev–Trinajstić information content (AvgIpc) is 3.28. The van der Waals surface area contributed by atoms with Gasteiger partial charge in [-0.05, 0) is 80.6 Å². The third-order valence-electron chi connectivity index (χ3n) is 6.79. The Kier molecular flexibility index (Phi) is 4.00. The van der Waals surface area contributed by atoms with Gasteiger partial charge in [0.15, 0.2) is 5.78 Å². The molecule has 0 aromatic carbocycles. The molecule has 4 bridgehead atoms. The van der Waals surface area contributed by atoms with Gasteiger partial charge in [0, 0.05) is 5.41 Å². The first kappa shape index (κ1) is 17.4. The fraction of sp³-hybridized carbons (Fsp3) is 0.524. The molecule has 2 heterocycles. The number of furan rings is 1. The van der Waals surface area contributed by atoms with Gasteiger partial charge in [0.2, 0.25) is 0 Å². The zero-order valence-electron chi connectivity index (χ0n) is 15.6. The van der Waals surface area contributed by atoms with Gasteiger partial charge in [0.1, 0.15) is 23.9 Å². The lowest BCUT2D eigenvalue weighted by atomic mass is 9.48. The van der Waals surface area contributed by atoms with Crippen LogP contribution in [0, 0.1) is 33.3 Å². The molecule has 2 aromatic rings. The predicted molar refractivity (Wildman–Crippen MR) is 101 cm³/mol. The first-order valence-corrected chi connectivity index (χ1v) is 9.97. The van der Waals surface area contributed by atoms with Crippen molar-refractivity contribution >= 4 is 17.5 Å². The van der Waals surface area contributed by atoms with E-state index in [4.69, 9.17) is 4.42 Å². The lowest BCUT2D eigenvalue weighted by Gasteiger charge is -2.55. The lowest BCUT2D eigenvalue weighted by molar-refractivity contribution is -0.385. The van der Waals surface area contributed by atoms with Crippen molar-refractivity contribution in [1.82, 2.24) is 9.78 Å². The fourth-order valence-electron chi connectivity index (χ4n) is 6.01. The molecule has 0 saturated heterocycles. The molecule has 4 aliphatic rings. The third-order valence-corrected chi connectivity index (χ3v) is 6.79. The molecule has 0 radical (unpaired) electrons. The van der Waals surface area contributed by atoms with Gasteiger partial charge in [-0.2, -0.15) is 5.10 Å². The molecule has 6 rings (SSSR count). The minimum Gasteiger partial charge on any atom is -0.460 e. The topological polar surface area (TPSA) is 91.2 Å². The van der Waals surface area contributed by atoms with Gasteiger partial charge in [0.25, 0.3) is 0 Å². The Bertz CT molecular complexity index is 919. The van der Waals surface area contributed by atoms with Crippen LogP contribution in [0.4, 0.5) is 5.69 Å². The lowest BCUT2D eigenvalue weighted by Crippen LogP contribution is -2.49. The molecular weight excluding hydrogens is 358 g/mol.